The van der Waals surface area contributed by atoms with Gasteiger partial charge in [-0.1, -0.05) is 36.3 Å². The summed E-state index contributed by atoms with van der Waals surface area (Å²) in [4.78, 5) is 0. The lowest BCUT2D eigenvalue weighted by Gasteiger charge is -2.07. The van der Waals surface area contributed by atoms with Crippen LogP contribution in [0.3, 0.4) is 0 Å². The summed E-state index contributed by atoms with van der Waals surface area (Å²) in [5.41, 5.74) is 1.03. The van der Waals surface area contributed by atoms with Crippen LogP contribution in [-0.2, 0) is 4.74 Å². The maximum atomic E-state index is 5.24. The second kappa shape index (κ2) is 3.80. The first-order valence-corrected chi connectivity index (χ1v) is 3.42. The van der Waals surface area contributed by atoms with Crippen molar-refractivity contribution in [3.8, 4) is 12.3 Å². The Hall–Kier alpha value is -1.26. The molecular weight excluding hydrogens is 136 g/mol. The fraction of sp³-hybridized carbons (Fsp3) is 0.200. The maximum absolute atomic E-state index is 5.24. The summed E-state index contributed by atoms with van der Waals surface area (Å²) in [6.45, 7) is 0. The van der Waals surface area contributed by atoms with Gasteiger partial charge in [-0.2, -0.15) is 0 Å². The van der Waals surface area contributed by atoms with Crippen LogP contribution in [0.25, 0.3) is 0 Å². The molecule has 0 saturated carbocycles. The van der Waals surface area contributed by atoms with Gasteiger partial charge in [-0.25, -0.2) is 0 Å². The van der Waals surface area contributed by atoms with E-state index in [2.05, 4.69) is 5.92 Å². The first-order valence-electron chi connectivity index (χ1n) is 3.42. The zero-order chi connectivity index (χ0) is 8.10. The van der Waals surface area contributed by atoms with E-state index in [1.807, 2.05) is 30.3 Å². The highest BCUT2D eigenvalue weighted by Crippen LogP contribution is 2.13. The molecule has 1 atom stereocenters. The van der Waals surface area contributed by atoms with E-state index < -0.39 is 0 Å². The first-order chi connectivity index (χ1) is 5.38. The number of ether oxygens (including phenoxy) is 1. The molecule has 11 heavy (non-hydrogen) atoms. The van der Waals surface area contributed by atoms with Crippen LogP contribution in [0.15, 0.2) is 30.3 Å². The Bertz CT molecular complexity index is 245. The van der Waals surface area contributed by atoms with Crippen molar-refractivity contribution in [2.24, 2.45) is 0 Å². The molecule has 1 rings (SSSR count). The fourth-order valence-electron chi connectivity index (χ4n) is 0.928. The predicted molar refractivity (Wildman–Crippen MR) is 45.0 cm³/mol. The fourth-order valence-corrected chi connectivity index (χ4v) is 0.928. The molecule has 0 saturated heterocycles. The van der Waals surface area contributed by atoms with Gasteiger partial charge in [0.25, 0.3) is 0 Å². The van der Waals surface area contributed by atoms with Gasteiger partial charge in [0.1, 0.15) is 6.10 Å². The second-order valence-electron chi connectivity index (χ2n) is 2.19. The van der Waals surface area contributed by atoms with Crippen LogP contribution < -0.4 is 0 Å². The third kappa shape index (κ3) is 1.83. The van der Waals surface area contributed by atoms with E-state index in [1.165, 1.54) is 0 Å². The molecule has 0 aliphatic heterocycles. The number of benzene rings is 1. The average molecular weight is 146 g/mol. The number of terminal acetylenes is 1. The van der Waals surface area contributed by atoms with Crippen LogP contribution in [0.4, 0.5) is 0 Å². The summed E-state index contributed by atoms with van der Waals surface area (Å²) >= 11 is 0. The minimum absolute atomic E-state index is 0.212. The number of rotatable bonds is 2. The quantitative estimate of drug-likeness (QED) is 0.580. The van der Waals surface area contributed by atoms with Crippen LogP contribution in [0.1, 0.15) is 11.7 Å². The van der Waals surface area contributed by atoms with Crippen LogP contribution in [0.5, 0.6) is 0 Å². The standard InChI is InChI=1S/C10H10O/c1-3-10(11-2)9-7-5-4-6-8-9/h1,4-8,10H,2H3/t10-/m0/s1. The van der Waals surface area contributed by atoms with Crippen LogP contribution >= 0.6 is 0 Å². The normalized spacial score (nSPS) is 12.0. The molecule has 0 unspecified atom stereocenters. The lowest BCUT2D eigenvalue weighted by Crippen LogP contribution is -1.96. The topological polar surface area (TPSA) is 9.23 Å². The molecule has 0 aliphatic rings. The molecule has 1 aromatic rings. The van der Waals surface area contributed by atoms with Gasteiger partial charge >= 0.3 is 0 Å². The minimum atomic E-state index is -0.212. The van der Waals surface area contributed by atoms with E-state index in [4.69, 9.17) is 11.2 Å². The zero-order valence-electron chi connectivity index (χ0n) is 6.45. The van der Waals surface area contributed by atoms with Crippen molar-refractivity contribution < 1.29 is 4.74 Å². The smallest absolute Gasteiger partial charge is 0.142 e. The molecular formula is C10H10O. The number of hydrogen-bond donors (Lipinski definition) is 0. The number of methoxy groups -OCH3 is 1. The largest absolute Gasteiger partial charge is 0.364 e. The highest BCUT2D eigenvalue weighted by molar-refractivity contribution is 5.23. The van der Waals surface area contributed by atoms with Gasteiger partial charge in [0, 0.05) is 7.11 Å². The number of hydrogen-bond acceptors (Lipinski definition) is 1. The van der Waals surface area contributed by atoms with Gasteiger partial charge in [0.2, 0.25) is 0 Å². The SMILES string of the molecule is C#C[C@H](OC)c1ccccc1. The summed E-state index contributed by atoms with van der Waals surface area (Å²) in [5.74, 6) is 2.55. The van der Waals surface area contributed by atoms with Gasteiger partial charge in [0.05, 0.1) is 0 Å². The molecule has 0 amide bonds. The van der Waals surface area contributed by atoms with Gasteiger partial charge < -0.3 is 4.74 Å². The maximum Gasteiger partial charge on any atom is 0.142 e. The summed E-state index contributed by atoms with van der Waals surface area (Å²) in [7, 11) is 1.61. The minimum Gasteiger partial charge on any atom is -0.364 e. The molecule has 0 aromatic heterocycles. The molecule has 1 heteroatoms. The van der Waals surface area contributed by atoms with Gasteiger partial charge in [0.15, 0.2) is 0 Å². The monoisotopic (exact) mass is 146 g/mol. The molecule has 0 N–H and O–H groups in total. The van der Waals surface area contributed by atoms with Crippen LogP contribution in [-0.4, -0.2) is 7.11 Å². The molecule has 0 spiro atoms. The van der Waals surface area contributed by atoms with E-state index in [9.17, 15) is 0 Å². The van der Waals surface area contributed by atoms with Crippen molar-refractivity contribution in [3.05, 3.63) is 35.9 Å². The Kier molecular flexibility index (Phi) is 2.71. The molecule has 1 aromatic carbocycles. The van der Waals surface area contributed by atoms with Crippen molar-refractivity contribution in [2.75, 3.05) is 7.11 Å². The average Bonchev–Trinajstić information content (AvgIpc) is 2.09. The molecule has 0 aliphatic carbocycles. The Balaban J connectivity index is 2.85. The van der Waals surface area contributed by atoms with E-state index in [0.717, 1.165) is 5.56 Å². The van der Waals surface area contributed by atoms with Crippen LogP contribution in [0.2, 0.25) is 0 Å². The molecule has 0 radical (unpaired) electrons. The Morgan fingerprint density at radius 1 is 1.36 bits per heavy atom. The van der Waals surface area contributed by atoms with Crippen molar-refractivity contribution >= 4 is 0 Å². The van der Waals surface area contributed by atoms with Gasteiger partial charge in [-0.05, 0) is 5.56 Å². The Morgan fingerprint density at radius 2 is 2.00 bits per heavy atom. The summed E-state index contributed by atoms with van der Waals surface area (Å²) in [6.07, 6.45) is 5.03. The van der Waals surface area contributed by atoms with E-state index in [0.29, 0.717) is 0 Å². The van der Waals surface area contributed by atoms with Crippen molar-refractivity contribution in [1.82, 2.24) is 0 Å². The Labute approximate surface area is 67.0 Å². The van der Waals surface area contributed by atoms with Gasteiger partial charge in [-0.15, -0.1) is 6.42 Å². The molecule has 1 nitrogen and oxygen atoms in total. The van der Waals surface area contributed by atoms with E-state index in [-0.39, 0.29) is 6.10 Å². The second-order valence-corrected chi connectivity index (χ2v) is 2.19. The first kappa shape index (κ1) is 7.84. The highest BCUT2D eigenvalue weighted by Gasteiger charge is 2.03. The molecule has 0 bridgehead atoms. The zero-order valence-corrected chi connectivity index (χ0v) is 6.45. The predicted octanol–water partition coefficient (Wildman–Crippen LogP) is 2.01. The third-order valence-electron chi connectivity index (χ3n) is 1.49. The van der Waals surface area contributed by atoms with Crippen molar-refractivity contribution in [1.29, 1.82) is 0 Å². The molecule has 0 fully saturated rings. The summed E-state index contributed by atoms with van der Waals surface area (Å²) in [6, 6.07) is 9.74. The van der Waals surface area contributed by atoms with E-state index >= 15 is 0 Å². The molecule has 56 valence electrons. The summed E-state index contributed by atoms with van der Waals surface area (Å²) in [5, 5.41) is 0. The Morgan fingerprint density at radius 3 is 2.45 bits per heavy atom. The lowest BCUT2D eigenvalue weighted by molar-refractivity contribution is 0.150. The van der Waals surface area contributed by atoms with Crippen LogP contribution in [0, 0.1) is 12.3 Å². The van der Waals surface area contributed by atoms with E-state index in [1.54, 1.807) is 7.11 Å². The van der Waals surface area contributed by atoms with Gasteiger partial charge in [-0.3, -0.25) is 0 Å². The lowest BCUT2D eigenvalue weighted by atomic mass is 10.1. The molecule has 0 heterocycles. The van der Waals surface area contributed by atoms with Crippen molar-refractivity contribution in [2.45, 2.75) is 6.10 Å². The summed E-state index contributed by atoms with van der Waals surface area (Å²) < 4.78 is 5.05. The highest BCUT2D eigenvalue weighted by atomic mass is 16.5. The van der Waals surface area contributed by atoms with Crippen molar-refractivity contribution in [3.63, 3.8) is 0 Å². The third-order valence-corrected chi connectivity index (χ3v) is 1.49.